The van der Waals surface area contributed by atoms with E-state index in [1.54, 1.807) is 20.1 Å². The molecule has 0 amide bonds. The lowest BCUT2D eigenvalue weighted by molar-refractivity contribution is 0.0461. The van der Waals surface area contributed by atoms with Crippen molar-refractivity contribution in [1.82, 2.24) is 0 Å². The van der Waals surface area contributed by atoms with Gasteiger partial charge in [-0.3, -0.25) is 4.79 Å². The number of carbonyl (C=O) groups is 1. The predicted octanol–water partition coefficient (Wildman–Crippen LogP) is 3.60. The van der Waals surface area contributed by atoms with E-state index in [-0.39, 0.29) is 11.9 Å². The van der Waals surface area contributed by atoms with Crippen LogP contribution in [0.25, 0.3) is 0 Å². The molecule has 18 heavy (non-hydrogen) atoms. The fourth-order valence-electron chi connectivity index (χ4n) is 1.83. The van der Waals surface area contributed by atoms with E-state index in [1.165, 1.54) is 0 Å². The third kappa shape index (κ3) is 4.15. The van der Waals surface area contributed by atoms with Crippen LogP contribution in [0.3, 0.4) is 0 Å². The van der Waals surface area contributed by atoms with Gasteiger partial charge in [0, 0.05) is 11.1 Å². The minimum absolute atomic E-state index is 0.0560. The average molecular weight is 250 g/mol. The summed E-state index contributed by atoms with van der Waals surface area (Å²) in [5.74, 6) is 0.823. The molecule has 0 aromatic heterocycles. The zero-order valence-electron chi connectivity index (χ0n) is 11.7. The lowest BCUT2D eigenvalue weighted by Crippen LogP contribution is -2.08. The molecule has 0 aliphatic heterocycles. The van der Waals surface area contributed by atoms with Crippen LogP contribution in [0.5, 0.6) is 5.75 Å². The Morgan fingerprint density at radius 2 is 2.11 bits per heavy atom. The molecule has 0 saturated carbocycles. The van der Waals surface area contributed by atoms with E-state index in [1.807, 2.05) is 12.1 Å². The number of benzene rings is 1. The topological polar surface area (TPSA) is 35.5 Å². The molecule has 0 spiro atoms. The van der Waals surface area contributed by atoms with Crippen molar-refractivity contribution in [3.05, 3.63) is 29.3 Å². The lowest BCUT2D eigenvalue weighted by atomic mass is 10.1. The maximum Gasteiger partial charge on any atom is 0.159 e. The van der Waals surface area contributed by atoms with E-state index < -0.39 is 0 Å². The van der Waals surface area contributed by atoms with E-state index in [9.17, 15) is 4.79 Å². The Kier molecular flexibility index (Phi) is 5.86. The van der Waals surface area contributed by atoms with Crippen molar-refractivity contribution in [2.45, 2.75) is 46.3 Å². The van der Waals surface area contributed by atoms with Gasteiger partial charge in [0.2, 0.25) is 0 Å². The SMILES string of the molecule is CCCC(C)OCc1cc(C(C)=O)ccc1OC. The lowest BCUT2D eigenvalue weighted by Gasteiger charge is -2.14. The molecule has 0 heterocycles. The molecule has 1 rings (SSSR count). The van der Waals surface area contributed by atoms with Crippen LogP contribution in [-0.2, 0) is 11.3 Å². The zero-order chi connectivity index (χ0) is 13.5. The summed E-state index contributed by atoms with van der Waals surface area (Å²) >= 11 is 0. The molecule has 0 aliphatic rings. The molecule has 0 aliphatic carbocycles. The van der Waals surface area contributed by atoms with Crippen molar-refractivity contribution in [2.75, 3.05) is 7.11 Å². The zero-order valence-corrected chi connectivity index (χ0v) is 11.7. The van der Waals surface area contributed by atoms with Gasteiger partial charge in [-0.05, 0) is 38.5 Å². The Morgan fingerprint density at radius 3 is 2.67 bits per heavy atom. The van der Waals surface area contributed by atoms with Gasteiger partial charge in [0.1, 0.15) is 5.75 Å². The second kappa shape index (κ2) is 7.17. The van der Waals surface area contributed by atoms with Crippen molar-refractivity contribution < 1.29 is 14.3 Å². The van der Waals surface area contributed by atoms with E-state index in [4.69, 9.17) is 9.47 Å². The molecule has 3 nitrogen and oxygen atoms in total. The smallest absolute Gasteiger partial charge is 0.159 e. The molecule has 0 bridgehead atoms. The van der Waals surface area contributed by atoms with E-state index in [0.29, 0.717) is 12.2 Å². The van der Waals surface area contributed by atoms with Crippen molar-refractivity contribution in [3.63, 3.8) is 0 Å². The van der Waals surface area contributed by atoms with E-state index >= 15 is 0 Å². The molecule has 0 saturated heterocycles. The number of hydrogen-bond donors (Lipinski definition) is 0. The molecular weight excluding hydrogens is 228 g/mol. The van der Waals surface area contributed by atoms with Crippen LogP contribution in [0.15, 0.2) is 18.2 Å². The van der Waals surface area contributed by atoms with Crippen LogP contribution in [0.1, 0.15) is 49.5 Å². The number of hydrogen-bond acceptors (Lipinski definition) is 3. The molecule has 3 heteroatoms. The molecule has 1 unspecified atom stereocenters. The highest BCUT2D eigenvalue weighted by Crippen LogP contribution is 2.22. The van der Waals surface area contributed by atoms with Crippen LogP contribution < -0.4 is 4.74 Å². The van der Waals surface area contributed by atoms with Gasteiger partial charge >= 0.3 is 0 Å². The van der Waals surface area contributed by atoms with Crippen LogP contribution in [0, 0.1) is 0 Å². The Bertz CT molecular complexity index is 399. The van der Waals surface area contributed by atoms with Crippen LogP contribution in [-0.4, -0.2) is 19.0 Å². The molecular formula is C15H22O3. The fourth-order valence-corrected chi connectivity index (χ4v) is 1.83. The summed E-state index contributed by atoms with van der Waals surface area (Å²) in [5, 5.41) is 0. The maximum absolute atomic E-state index is 11.4. The third-order valence-electron chi connectivity index (χ3n) is 2.91. The normalized spacial score (nSPS) is 12.2. The van der Waals surface area contributed by atoms with Crippen LogP contribution >= 0.6 is 0 Å². The minimum Gasteiger partial charge on any atom is -0.496 e. The first-order chi connectivity index (χ1) is 8.58. The van der Waals surface area contributed by atoms with E-state index in [0.717, 1.165) is 24.2 Å². The van der Waals surface area contributed by atoms with Gasteiger partial charge in [-0.25, -0.2) is 0 Å². The largest absolute Gasteiger partial charge is 0.496 e. The molecule has 1 atom stereocenters. The Labute approximate surface area is 109 Å². The Morgan fingerprint density at radius 1 is 1.39 bits per heavy atom. The van der Waals surface area contributed by atoms with Crippen molar-refractivity contribution in [1.29, 1.82) is 0 Å². The number of carbonyl (C=O) groups excluding carboxylic acids is 1. The quantitative estimate of drug-likeness (QED) is 0.693. The predicted molar refractivity (Wildman–Crippen MR) is 72.2 cm³/mol. The highest BCUT2D eigenvalue weighted by atomic mass is 16.5. The number of ether oxygens (including phenoxy) is 2. The number of Topliss-reactive ketones (excluding diaryl/α,β-unsaturated/α-hetero) is 1. The molecule has 1 aromatic rings. The van der Waals surface area contributed by atoms with Gasteiger partial charge < -0.3 is 9.47 Å². The summed E-state index contributed by atoms with van der Waals surface area (Å²) in [4.78, 5) is 11.4. The highest BCUT2D eigenvalue weighted by Gasteiger charge is 2.09. The Balaban J connectivity index is 2.78. The monoisotopic (exact) mass is 250 g/mol. The summed E-state index contributed by atoms with van der Waals surface area (Å²) in [7, 11) is 1.63. The molecule has 1 aromatic carbocycles. The van der Waals surface area contributed by atoms with Crippen LogP contribution in [0.4, 0.5) is 0 Å². The summed E-state index contributed by atoms with van der Waals surface area (Å²) in [6.45, 7) is 6.24. The molecule has 0 N–H and O–H groups in total. The van der Waals surface area contributed by atoms with Gasteiger partial charge in [0.15, 0.2) is 5.78 Å². The van der Waals surface area contributed by atoms with Crippen molar-refractivity contribution in [3.8, 4) is 5.75 Å². The third-order valence-corrected chi connectivity index (χ3v) is 2.91. The Hall–Kier alpha value is -1.35. The second-order valence-electron chi connectivity index (χ2n) is 4.49. The first-order valence-electron chi connectivity index (χ1n) is 6.38. The van der Waals surface area contributed by atoms with Gasteiger partial charge in [0.25, 0.3) is 0 Å². The average Bonchev–Trinajstić information content (AvgIpc) is 2.36. The number of ketones is 1. The van der Waals surface area contributed by atoms with Crippen molar-refractivity contribution in [2.24, 2.45) is 0 Å². The van der Waals surface area contributed by atoms with Gasteiger partial charge in [-0.15, -0.1) is 0 Å². The minimum atomic E-state index is 0.0560. The molecule has 0 radical (unpaired) electrons. The molecule has 100 valence electrons. The summed E-state index contributed by atoms with van der Waals surface area (Å²) in [6, 6.07) is 5.44. The van der Waals surface area contributed by atoms with Crippen LogP contribution in [0.2, 0.25) is 0 Å². The molecule has 0 fully saturated rings. The van der Waals surface area contributed by atoms with Gasteiger partial charge in [-0.1, -0.05) is 13.3 Å². The standard InChI is InChI=1S/C15H22O3/c1-5-6-11(2)18-10-14-9-13(12(3)16)7-8-15(14)17-4/h7-9,11H,5-6,10H2,1-4H3. The maximum atomic E-state index is 11.4. The first-order valence-corrected chi connectivity index (χ1v) is 6.38. The van der Waals surface area contributed by atoms with E-state index in [2.05, 4.69) is 13.8 Å². The summed E-state index contributed by atoms with van der Waals surface area (Å²) < 4.78 is 11.0. The van der Waals surface area contributed by atoms with Gasteiger partial charge in [0.05, 0.1) is 19.8 Å². The first kappa shape index (κ1) is 14.7. The fraction of sp³-hybridized carbons (Fsp3) is 0.533. The number of rotatable bonds is 7. The summed E-state index contributed by atoms with van der Waals surface area (Å²) in [5.41, 5.74) is 1.62. The highest BCUT2D eigenvalue weighted by molar-refractivity contribution is 5.94. The van der Waals surface area contributed by atoms with Crippen molar-refractivity contribution >= 4 is 5.78 Å². The van der Waals surface area contributed by atoms with Gasteiger partial charge in [-0.2, -0.15) is 0 Å². The number of methoxy groups -OCH3 is 1. The second-order valence-corrected chi connectivity index (χ2v) is 4.49. The summed E-state index contributed by atoms with van der Waals surface area (Å²) in [6.07, 6.45) is 2.36.